The molecule has 10 nitrogen and oxygen atoms in total. The summed E-state index contributed by atoms with van der Waals surface area (Å²) in [5, 5.41) is 3.12. The zero-order valence-corrected chi connectivity index (χ0v) is 15.4. The van der Waals surface area contributed by atoms with Gasteiger partial charge < -0.3 is 14.9 Å². The van der Waals surface area contributed by atoms with E-state index in [1.807, 2.05) is 0 Å². The molecule has 0 aromatic carbocycles. The summed E-state index contributed by atoms with van der Waals surface area (Å²) < 4.78 is 0. The number of nitrogens with zero attached hydrogens (tertiary/aromatic N) is 2. The maximum absolute atomic E-state index is 11.7. The monoisotopic (exact) mass is 383 g/mol. The highest BCUT2D eigenvalue weighted by Crippen LogP contribution is 2.13. The first-order valence-electron chi connectivity index (χ1n) is 8.86. The van der Waals surface area contributed by atoms with Gasteiger partial charge in [0.1, 0.15) is 12.8 Å². The molecule has 0 aromatic heterocycles. The fourth-order valence-electron chi connectivity index (χ4n) is 2.44. The number of amides is 4. The minimum Gasteiger partial charge on any atom is -0.345 e. The first-order chi connectivity index (χ1) is 12.8. The molecular weight excluding hydrogens is 358 g/mol. The van der Waals surface area contributed by atoms with E-state index < -0.39 is 11.9 Å². The molecule has 0 spiro atoms. The second-order valence-electron chi connectivity index (χ2n) is 6.09. The van der Waals surface area contributed by atoms with E-state index in [0.29, 0.717) is 32.1 Å². The molecule has 0 aliphatic carbocycles. The van der Waals surface area contributed by atoms with Gasteiger partial charge in [-0.2, -0.15) is 5.06 Å². The Balaban J connectivity index is 2.10. The maximum Gasteiger partial charge on any atom is 0.351 e. The molecule has 4 amide bonds. The number of rotatable bonds is 11. The average molecular weight is 383 g/mol. The van der Waals surface area contributed by atoms with Gasteiger partial charge in [-0.05, 0) is 12.8 Å². The van der Waals surface area contributed by atoms with Gasteiger partial charge in [-0.25, -0.2) is 4.79 Å². The maximum atomic E-state index is 11.7. The minimum atomic E-state index is -0.795. The van der Waals surface area contributed by atoms with Gasteiger partial charge in [-0.15, -0.1) is 0 Å². The highest BCUT2D eigenvalue weighted by molar-refractivity contribution is 6.01. The molecule has 27 heavy (non-hydrogen) atoms. The third kappa shape index (κ3) is 8.43. The summed E-state index contributed by atoms with van der Waals surface area (Å²) in [4.78, 5) is 73.7. The van der Waals surface area contributed by atoms with Crippen LogP contribution >= 0.6 is 0 Å². The summed E-state index contributed by atoms with van der Waals surface area (Å²) in [6.45, 7) is -0.00298. The first kappa shape index (κ1) is 22.3. The number of likely N-dealkylation sites (tertiary alicyclic amines) is 1. The Morgan fingerprint density at radius 3 is 2.41 bits per heavy atom. The smallest absolute Gasteiger partial charge is 0.345 e. The number of hydrogen-bond donors (Lipinski definition) is 1. The van der Waals surface area contributed by atoms with E-state index in [1.165, 1.54) is 11.9 Å². The standard InChI is InChI=1S/C17H25N3O7/c1-19(14(23)7-5-11-21)27-17(26)12-18-13(22)6-3-2-4-10-20-15(24)8-9-16(20)25/h11H,2-10,12H2,1H3,(H,18,22). The van der Waals surface area contributed by atoms with Crippen molar-refractivity contribution < 1.29 is 33.6 Å². The number of carbonyl (C=O) groups excluding carboxylic acids is 6. The number of hydrogen-bond acceptors (Lipinski definition) is 7. The van der Waals surface area contributed by atoms with E-state index in [-0.39, 0.29) is 56.4 Å². The molecule has 1 rings (SSSR count). The van der Waals surface area contributed by atoms with E-state index in [9.17, 15) is 28.8 Å². The van der Waals surface area contributed by atoms with E-state index in [2.05, 4.69) is 5.32 Å². The van der Waals surface area contributed by atoms with Crippen LogP contribution in [0.2, 0.25) is 0 Å². The van der Waals surface area contributed by atoms with Gasteiger partial charge in [0.25, 0.3) is 5.91 Å². The molecule has 0 radical (unpaired) electrons. The van der Waals surface area contributed by atoms with Crippen molar-refractivity contribution >= 4 is 35.9 Å². The predicted octanol–water partition coefficient (Wildman–Crippen LogP) is -0.292. The van der Waals surface area contributed by atoms with Gasteiger partial charge in [0.15, 0.2) is 0 Å². The largest absolute Gasteiger partial charge is 0.351 e. The summed E-state index contributed by atoms with van der Waals surface area (Å²) >= 11 is 0. The lowest BCUT2D eigenvalue weighted by molar-refractivity contribution is -0.192. The highest BCUT2D eigenvalue weighted by atomic mass is 16.7. The molecular formula is C17H25N3O7. The normalized spacial score (nSPS) is 13.4. The second kappa shape index (κ2) is 11.8. The van der Waals surface area contributed by atoms with Crippen molar-refractivity contribution in [2.24, 2.45) is 0 Å². The SMILES string of the molecule is CN(OC(=O)CNC(=O)CCCCCN1C(=O)CCC1=O)C(=O)CCC=O. The Morgan fingerprint density at radius 2 is 1.78 bits per heavy atom. The van der Waals surface area contributed by atoms with Crippen molar-refractivity contribution in [1.82, 2.24) is 15.3 Å². The highest BCUT2D eigenvalue weighted by Gasteiger charge is 2.27. The fourth-order valence-corrected chi connectivity index (χ4v) is 2.44. The Kier molecular flexibility index (Phi) is 9.70. The molecule has 0 unspecified atom stereocenters. The molecule has 0 bridgehead atoms. The van der Waals surface area contributed by atoms with E-state index >= 15 is 0 Å². The molecule has 1 saturated heterocycles. The predicted molar refractivity (Wildman–Crippen MR) is 91.6 cm³/mol. The van der Waals surface area contributed by atoms with Crippen LogP contribution in [0.3, 0.4) is 0 Å². The average Bonchev–Trinajstić information content (AvgIpc) is 2.95. The zero-order valence-electron chi connectivity index (χ0n) is 15.4. The molecule has 1 N–H and O–H groups in total. The summed E-state index contributed by atoms with van der Waals surface area (Å²) in [5.74, 6) is -1.94. The van der Waals surface area contributed by atoms with Crippen molar-refractivity contribution in [2.45, 2.75) is 51.4 Å². The number of nitrogens with one attached hydrogen (secondary N) is 1. The summed E-state index contributed by atoms with van der Waals surface area (Å²) in [5.41, 5.74) is 0. The Morgan fingerprint density at radius 1 is 1.11 bits per heavy atom. The van der Waals surface area contributed by atoms with Crippen LogP contribution in [0.5, 0.6) is 0 Å². The van der Waals surface area contributed by atoms with Crippen LogP contribution in [0, 0.1) is 0 Å². The molecule has 0 aromatic rings. The lowest BCUT2D eigenvalue weighted by Crippen LogP contribution is -2.36. The van der Waals surface area contributed by atoms with Crippen LogP contribution in [0.15, 0.2) is 0 Å². The Bertz CT molecular complexity index is 575. The molecule has 1 heterocycles. The van der Waals surface area contributed by atoms with Crippen molar-refractivity contribution in [3.8, 4) is 0 Å². The van der Waals surface area contributed by atoms with Crippen LogP contribution in [-0.4, -0.2) is 66.0 Å². The lowest BCUT2D eigenvalue weighted by atomic mass is 10.2. The van der Waals surface area contributed by atoms with Gasteiger partial charge in [0.2, 0.25) is 17.7 Å². The van der Waals surface area contributed by atoms with Gasteiger partial charge in [0, 0.05) is 45.7 Å². The molecule has 1 aliphatic heterocycles. The summed E-state index contributed by atoms with van der Waals surface area (Å²) in [6, 6.07) is 0. The van der Waals surface area contributed by atoms with E-state index in [4.69, 9.17) is 4.84 Å². The van der Waals surface area contributed by atoms with Crippen LogP contribution in [-0.2, 0) is 33.6 Å². The number of imide groups is 1. The topological polar surface area (TPSA) is 130 Å². The summed E-state index contributed by atoms with van der Waals surface area (Å²) in [6.07, 6.45) is 3.17. The first-order valence-corrected chi connectivity index (χ1v) is 8.86. The van der Waals surface area contributed by atoms with Crippen LogP contribution in [0.1, 0.15) is 51.4 Å². The second-order valence-corrected chi connectivity index (χ2v) is 6.09. The number of carbonyl (C=O) groups is 6. The molecule has 150 valence electrons. The summed E-state index contributed by atoms with van der Waals surface area (Å²) in [7, 11) is 1.25. The third-order valence-electron chi connectivity index (χ3n) is 3.94. The quantitative estimate of drug-likeness (QED) is 0.224. The fraction of sp³-hybridized carbons (Fsp3) is 0.647. The van der Waals surface area contributed by atoms with E-state index in [0.717, 1.165) is 5.06 Å². The number of hydroxylamine groups is 2. The zero-order chi connectivity index (χ0) is 20.2. The van der Waals surface area contributed by atoms with Crippen LogP contribution < -0.4 is 5.32 Å². The number of unbranched alkanes of at least 4 members (excludes halogenated alkanes) is 2. The third-order valence-corrected chi connectivity index (χ3v) is 3.94. The molecule has 0 saturated carbocycles. The molecule has 1 fully saturated rings. The van der Waals surface area contributed by atoms with Gasteiger partial charge in [-0.3, -0.25) is 24.1 Å². The number of aldehydes is 1. The lowest BCUT2D eigenvalue weighted by Gasteiger charge is -2.15. The Labute approximate surface area is 157 Å². The minimum absolute atomic E-state index is 0.0392. The van der Waals surface area contributed by atoms with Gasteiger partial charge in [-0.1, -0.05) is 6.42 Å². The van der Waals surface area contributed by atoms with E-state index in [1.54, 1.807) is 0 Å². The van der Waals surface area contributed by atoms with Gasteiger partial charge in [0.05, 0.1) is 0 Å². The molecule has 10 heteroatoms. The van der Waals surface area contributed by atoms with Crippen molar-refractivity contribution in [3.63, 3.8) is 0 Å². The molecule has 0 atom stereocenters. The Hall–Kier alpha value is -2.78. The van der Waals surface area contributed by atoms with Gasteiger partial charge >= 0.3 is 5.97 Å². The molecule has 1 aliphatic rings. The van der Waals surface area contributed by atoms with Crippen LogP contribution in [0.4, 0.5) is 0 Å². The van der Waals surface area contributed by atoms with Crippen molar-refractivity contribution in [3.05, 3.63) is 0 Å². The van der Waals surface area contributed by atoms with Crippen molar-refractivity contribution in [1.29, 1.82) is 0 Å². The van der Waals surface area contributed by atoms with Crippen LogP contribution in [0.25, 0.3) is 0 Å². The van der Waals surface area contributed by atoms with Crippen molar-refractivity contribution in [2.75, 3.05) is 20.1 Å².